The van der Waals surface area contributed by atoms with Crippen molar-refractivity contribution >= 4 is 33.9 Å². The molecule has 10 heteroatoms. The molecule has 9 nitrogen and oxygen atoms in total. The van der Waals surface area contributed by atoms with Gasteiger partial charge in [-0.15, -0.1) is 11.3 Å². The third kappa shape index (κ3) is 2.77. The molecule has 0 fully saturated rings. The highest BCUT2D eigenvalue weighted by Crippen LogP contribution is 2.19. The molecule has 3 heterocycles. The van der Waals surface area contributed by atoms with Crippen LogP contribution >= 0.6 is 11.3 Å². The van der Waals surface area contributed by atoms with Crippen molar-refractivity contribution in [3.05, 3.63) is 45.1 Å². The Kier molecular flexibility index (Phi) is 4.15. The smallest absolute Gasteiger partial charge is 0.331 e. The van der Waals surface area contributed by atoms with E-state index < -0.39 is 23.0 Å². The Morgan fingerprint density at radius 1 is 1.27 bits per heavy atom. The highest BCUT2D eigenvalue weighted by Gasteiger charge is 2.30. The minimum atomic E-state index is -1.27. The minimum Gasteiger partial charge on any atom is -0.479 e. The number of carboxylic acid groups (broad SMARTS) is 1. The van der Waals surface area contributed by atoms with E-state index in [1.54, 1.807) is 6.92 Å². The van der Waals surface area contributed by atoms with Crippen LogP contribution < -0.4 is 10.9 Å². The first-order valence-corrected chi connectivity index (χ1v) is 8.52. The van der Waals surface area contributed by atoms with Gasteiger partial charge < -0.3 is 10.4 Å². The van der Waals surface area contributed by atoms with Gasteiger partial charge in [-0.25, -0.2) is 9.78 Å². The second-order valence-corrected chi connectivity index (χ2v) is 7.51. The third-order valence-electron chi connectivity index (χ3n) is 4.20. The van der Waals surface area contributed by atoms with Crippen LogP contribution in [-0.2, 0) is 10.3 Å². The fraction of sp³-hybridized carbons (Fsp3) is 0.312. The number of anilines is 1. The number of carbonyl (C=O) groups is 2. The van der Waals surface area contributed by atoms with Gasteiger partial charge in [0.2, 0.25) is 0 Å². The summed E-state index contributed by atoms with van der Waals surface area (Å²) in [5.41, 5.74) is -0.796. The average molecular weight is 375 g/mol. The van der Waals surface area contributed by atoms with E-state index in [0.717, 1.165) is 10.6 Å². The molecule has 0 radical (unpaired) electrons. The van der Waals surface area contributed by atoms with E-state index in [9.17, 15) is 19.5 Å². The van der Waals surface area contributed by atoms with Gasteiger partial charge in [0, 0.05) is 23.0 Å². The lowest BCUT2D eigenvalue weighted by Gasteiger charge is -2.19. The first-order valence-electron chi connectivity index (χ1n) is 7.70. The Hall–Kier alpha value is -3.01. The molecule has 0 aromatic carbocycles. The molecule has 0 aliphatic heterocycles. The Balaban J connectivity index is 1.92. The number of nitrogens with one attached hydrogen (secondary N) is 1. The zero-order valence-electron chi connectivity index (χ0n) is 14.6. The molecule has 0 aliphatic rings. The van der Waals surface area contributed by atoms with E-state index >= 15 is 0 Å². The number of nitrogens with zero attached hydrogens (tertiary/aromatic N) is 4. The van der Waals surface area contributed by atoms with Crippen molar-refractivity contribution in [2.45, 2.75) is 33.2 Å². The van der Waals surface area contributed by atoms with E-state index in [2.05, 4.69) is 15.4 Å². The fourth-order valence-electron chi connectivity index (χ4n) is 2.32. The first-order chi connectivity index (χ1) is 12.1. The van der Waals surface area contributed by atoms with Crippen LogP contribution in [0, 0.1) is 13.8 Å². The van der Waals surface area contributed by atoms with Gasteiger partial charge in [0.15, 0.2) is 10.5 Å². The molecule has 0 aliphatic carbocycles. The molecule has 1 amide bonds. The van der Waals surface area contributed by atoms with Gasteiger partial charge in [0.05, 0.1) is 11.9 Å². The van der Waals surface area contributed by atoms with Gasteiger partial charge in [0.25, 0.3) is 11.5 Å². The summed E-state index contributed by atoms with van der Waals surface area (Å²) in [6.07, 6.45) is 3.97. The van der Waals surface area contributed by atoms with Crippen LogP contribution in [0.5, 0.6) is 0 Å². The van der Waals surface area contributed by atoms with Gasteiger partial charge in [-0.05, 0) is 27.7 Å². The van der Waals surface area contributed by atoms with Crippen molar-refractivity contribution < 1.29 is 14.7 Å². The van der Waals surface area contributed by atoms with Gasteiger partial charge in [-0.3, -0.25) is 18.7 Å². The number of carboxylic acids is 1. The summed E-state index contributed by atoms with van der Waals surface area (Å²) in [5, 5.41) is 15.8. The van der Waals surface area contributed by atoms with Crippen LogP contribution in [0.3, 0.4) is 0 Å². The quantitative estimate of drug-likeness (QED) is 0.716. The molecule has 3 aromatic heterocycles. The predicted molar refractivity (Wildman–Crippen MR) is 96.0 cm³/mol. The number of amides is 1. The van der Waals surface area contributed by atoms with E-state index in [1.807, 2.05) is 6.92 Å². The molecule has 136 valence electrons. The van der Waals surface area contributed by atoms with Crippen LogP contribution in [0.1, 0.15) is 34.8 Å². The number of hydrogen-bond acceptors (Lipinski definition) is 6. The molecule has 0 saturated carbocycles. The number of aliphatic carboxylic acids is 1. The van der Waals surface area contributed by atoms with Crippen molar-refractivity contribution in [3.8, 4) is 0 Å². The molecule has 2 N–H and O–H groups in total. The Morgan fingerprint density at radius 2 is 1.96 bits per heavy atom. The lowest BCUT2D eigenvalue weighted by atomic mass is 10.1. The largest absolute Gasteiger partial charge is 0.479 e. The van der Waals surface area contributed by atoms with Gasteiger partial charge in [-0.1, -0.05) is 0 Å². The summed E-state index contributed by atoms with van der Waals surface area (Å²) in [6.45, 7) is 6.65. The summed E-state index contributed by atoms with van der Waals surface area (Å²) < 4.78 is 2.64. The molecule has 0 spiro atoms. The average Bonchev–Trinajstić information content (AvgIpc) is 3.13. The van der Waals surface area contributed by atoms with Crippen molar-refractivity contribution in [3.63, 3.8) is 0 Å². The molecule has 0 atom stereocenters. The summed E-state index contributed by atoms with van der Waals surface area (Å²) in [6, 6.07) is 0. The third-order valence-corrected chi connectivity index (χ3v) is 5.27. The van der Waals surface area contributed by atoms with Crippen molar-refractivity contribution in [1.82, 2.24) is 19.2 Å². The molecule has 26 heavy (non-hydrogen) atoms. The second kappa shape index (κ2) is 6.06. The molecule has 0 bridgehead atoms. The van der Waals surface area contributed by atoms with Crippen molar-refractivity contribution in [2.24, 2.45) is 0 Å². The van der Waals surface area contributed by atoms with Crippen LogP contribution in [0.4, 0.5) is 5.69 Å². The SMILES string of the molecule is Cc1sc2ncc(C(=O)Nc3cnn(C(C)(C)C(=O)O)c3)c(=O)n2c1C. The molecule has 3 rings (SSSR count). The molecular weight excluding hydrogens is 358 g/mol. The van der Waals surface area contributed by atoms with Crippen molar-refractivity contribution in [1.29, 1.82) is 0 Å². The lowest BCUT2D eigenvalue weighted by molar-refractivity contribution is -0.146. The van der Waals surface area contributed by atoms with Crippen molar-refractivity contribution in [2.75, 3.05) is 5.32 Å². The molecule has 3 aromatic rings. The topological polar surface area (TPSA) is 119 Å². The monoisotopic (exact) mass is 375 g/mol. The maximum absolute atomic E-state index is 12.6. The second-order valence-electron chi connectivity index (χ2n) is 6.33. The van der Waals surface area contributed by atoms with E-state index in [0.29, 0.717) is 4.96 Å². The molecular formula is C16H17N5O4S. The summed E-state index contributed by atoms with van der Waals surface area (Å²) in [5.74, 6) is -1.69. The number of hydrogen-bond donors (Lipinski definition) is 2. The number of aromatic nitrogens is 4. The minimum absolute atomic E-state index is 0.103. The van der Waals surface area contributed by atoms with Crippen LogP contribution in [-0.4, -0.2) is 36.1 Å². The highest BCUT2D eigenvalue weighted by molar-refractivity contribution is 7.17. The fourth-order valence-corrected chi connectivity index (χ4v) is 3.25. The Labute approximate surface area is 151 Å². The number of carbonyl (C=O) groups excluding carboxylic acids is 1. The number of fused-ring (bicyclic) bond motifs is 1. The molecule has 0 saturated heterocycles. The maximum atomic E-state index is 12.6. The predicted octanol–water partition coefficient (Wildman–Crippen LogP) is 1.64. The highest BCUT2D eigenvalue weighted by atomic mass is 32.1. The zero-order valence-corrected chi connectivity index (χ0v) is 15.4. The Bertz CT molecular complexity index is 1090. The number of thiazole rings is 1. The summed E-state index contributed by atoms with van der Waals surface area (Å²) >= 11 is 1.38. The lowest BCUT2D eigenvalue weighted by Crippen LogP contribution is -2.35. The Morgan fingerprint density at radius 3 is 2.62 bits per heavy atom. The van der Waals surface area contributed by atoms with E-state index in [1.165, 1.54) is 52.9 Å². The standard InChI is InChI=1S/C16H17N5O4S/c1-8-9(2)26-15-17-6-11(13(23)21(8)15)12(22)19-10-5-18-20(7-10)16(3,4)14(24)25/h5-7H,1-4H3,(H,19,22)(H,24,25). The normalized spacial score (nSPS) is 11.7. The van der Waals surface area contributed by atoms with Crippen LogP contribution in [0.25, 0.3) is 4.96 Å². The van der Waals surface area contributed by atoms with Gasteiger partial charge in [-0.2, -0.15) is 5.10 Å². The number of rotatable bonds is 4. The van der Waals surface area contributed by atoms with Crippen LogP contribution in [0.15, 0.2) is 23.4 Å². The number of aryl methyl sites for hydroxylation is 2. The molecule has 0 unspecified atom stereocenters. The summed E-state index contributed by atoms with van der Waals surface area (Å²) in [4.78, 5) is 42.0. The summed E-state index contributed by atoms with van der Waals surface area (Å²) in [7, 11) is 0. The van der Waals surface area contributed by atoms with E-state index in [-0.39, 0.29) is 11.3 Å². The van der Waals surface area contributed by atoms with Crippen LogP contribution in [0.2, 0.25) is 0 Å². The zero-order chi connectivity index (χ0) is 19.2. The van der Waals surface area contributed by atoms with Gasteiger partial charge >= 0.3 is 5.97 Å². The van der Waals surface area contributed by atoms with E-state index in [4.69, 9.17) is 0 Å². The van der Waals surface area contributed by atoms with Gasteiger partial charge in [0.1, 0.15) is 5.56 Å². The first kappa shape index (κ1) is 17.8. The maximum Gasteiger partial charge on any atom is 0.331 e.